The van der Waals surface area contributed by atoms with Crippen LogP contribution in [0.15, 0.2) is 0 Å². The van der Waals surface area contributed by atoms with E-state index < -0.39 is 11.4 Å². The molecule has 6 heteroatoms. The van der Waals surface area contributed by atoms with Gasteiger partial charge >= 0.3 is 12.0 Å². The van der Waals surface area contributed by atoms with Gasteiger partial charge in [0.2, 0.25) is 0 Å². The summed E-state index contributed by atoms with van der Waals surface area (Å²) >= 11 is 0. The summed E-state index contributed by atoms with van der Waals surface area (Å²) in [5, 5.41) is 11.8. The van der Waals surface area contributed by atoms with E-state index in [1.54, 1.807) is 12.0 Å². The van der Waals surface area contributed by atoms with Crippen LogP contribution in [0.5, 0.6) is 0 Å². The number of carbonyl (C=O) groups is 2. The van der Waals surface area contributed by atoms with Gasteiger partial charge in [-0.05, 0) is 25.7 Å². The highest BCUT2D eigenvalue weighted by Gasteiger charge is 2.50. The lowest BCUT2D eigenvalue weighted by atomic mass is 10.1. The average molecular weight is 256 g/mol. The van der Waals surface area contributed by atoms with Crippen LogP contribution in [0.4, 0.5) is 4.79 Å². The van der Waals surface area contributed by atoms with Crippen LogP contribution in [0, 0.1) is 5.41 Å². The summed E-state index contributed by atoms with van der Waals surface area (Å²) in [7, 11) is 1.65. The van der Waals surface area contributed by atoms with Gasteiger partial charge in [0.05, 0.1) is 11.5 Å². The molecule has 0 aromatic carbocycles. The monoisotopic (exact) mass is 256 g/mol. The summed E-state index contributed by atoms with van der Waals surface area (Å²) in [4.78, 5) is 24.6. The number of amides is 2. The minimum Gasteiger partial charge on any atom is -0.481 e. The summed E-state index contributed by atoms with van der Waals surface area (Å²) in [6.45, 7) is 1.53. The largest absolute Gasteiger partial charge is 0.481 e. The maximum Gasteiger partial charge on any atom is 0.317 e. The standard InChI is InChI=1S/C12H20N2O4/c1-18-9-3-2-6-14(7-9)11(17)13-8-12(4-5-12)10(15)16/h9H,2-8H2,1H3,(H,13,17)(H,15,16). The lowest BCUT2D eigenvalue weighted by molar-refractivity contribution is -0.143. The van der Waals surface area contributed by atoms with E-state index in [4.69, 9.17) is 9.84 Å². The minimum absolute atomic E-state index is 0.0962. The lowest BCUT2D eigenvalue weighted by Gasteiger charge is -2.32. The molecule has 18 heavy (non-hydrogen) atoms. The molecule has 2 aliphatic rings. The summed E-state index contributed by atoms with van der Waals surface area (Å²) in [5.41, 5.74) is -0.702. The molecule has 6 nitrogen and oxygen atoms in total. The van der Waals surface area contributed by atoms with Crippen molar-refractivity contribution in [2.45, 2.75) is 31.8 Å². The van der Waals surface area contributed by atoms with Crippen LogP contribution < -0.4 is 5.32 Å². The molecule has 2 rings (SSSR count). The number of methoxy groups -OCH3 is 1. The van der Waals surface area contributed by atoms with Crippen molar-refractivity contribution in [3.8, 4) is 0 Å². The minimum atomic E-state index is -0.809. The van der Waals surface area contributed by atoms with Gasteiger partial charge in [-0.15, -0.1) is 0 Å². The Hall–Kier alpha value is -1.30. The van der Waals surface area contributed by atoms with Gasteiger partial charge in [0.1, 0.15) is 0 Å². The molecular weight excluding hydrogens is 236 g/mol. The zero-order valence-electron chi connectivity index (χ0n) is 10.6. The molecule has 1 saturated heterocycles. The van der Waals surface area contributed by atoms with Gasteiger partial charge in [-0.3, -0.25) is 4.79 Å². The molecule has 1 heterocycles. The Morgan fingerprint density at radius 1 is 1.50 bits per heavy atom. The zero-order valence-corrected chi connectivity index (χ0v) is 10.6. The maximum atomic E-state index is 11.9. The Balaban J connectivity index is 1.79. The molecule has 0 spiro atoms. The fraction of sp³-hybridized carbons (Fsp3) is 0.833. The third-order valence-electron chi connectivity index (χ3n) is 3.88. The van der Waals surface area contributed by atoms with Crippen LogP contribution in [-0.2, 0) is 9.53 Å². The van der Waals surface area contributed by atoms with Crippen LogP contribution in [0.3, 0.4) is 0 Å². The quantitative estimate of drug-likeness (QED) is 0.775. The predicted octanol–water partition coefficient (Wildman–Crippen LogP) is 0.672. The van der Waals surface area contributed by atoms with Gasteiger partial charge in [-0.25, -0.2) is 4.79 Å². The summed E-state index contributed by atoms with van der Waals surface area (Å²) < 4.78 is 5.25. The molecule has 2 N–H and O–H groups in total. The van der Waals surface area contributed by atoms with E-state index in [1.165, 1.54) is 0 Å². The van der Waals surface area contributed by atoms with E-state index in [0.717, 1.165) is 12.8 Å². The van der Waals surface area contributed by atoms with E-state index in [2.05, 4.69) is 5.32 Å². The Morgan fingerprint density at radius 3 is 2.78 bits per heavy atom. The second kappa shape index (κ2) is 5.14. The fourth-order valence-electron chi connectivity index (χ4n) is 2.29. The Bertz CT molecular complexity index is 341. The molecule has 0 aromatic rings. The second-order valence-electron chi connectivity index (χ2n) is 5.19. The average Bonchev–Trinajstić information content (AvgIpc) is 3.17. The fourth-order valence-corrected chi connectivity index (χ4v) is 2.29. The van der Waals surface area contributed by atoms with Crippen LogP contribution in [0.25, 0.3) is 0 Å². The number of urea groups is 1. The van der Waals surface area contributed by atoms with Gasteiger partial charge in [-0.2, -0.15) is 0 Å². The molecule has 1 aliphatic carbocycles. The van der Waals surface area contributed by atoms with E-state index in [0.29, 0.717) is 25.9 Å². The number of carboxylic acid groups (broad SMARTS) is 1. The topological polar surface area (TPSA) is 78.9 Å². The number of aliphatic carboxylic acids is 1. The van der Waals surface area contributed by atoms with Gasteiger partial charge < -0.3 is 20.1 Å². The van der Waals surface area contributed by atoms with E-state index in [-0.39, 0.29) is 18.7 Å². The van der Waals surface area contributed by atoms with E-state index >= 15 is 0 Å². The van der Waals surface area contributed by atoms with Crippen molar-refractivity contribution < 1.29 is 19.4 Å². The number of piperidine rings is 1. The number of carbonyl (C=O) groups excluding carboxylic acids is 1. The Labute approximate surface area is 106 Å². The van der Waals surface area contributed by atoms with Crippen molar-refractivity contribution in [1.29, 1.82) is 0 Å². The number of carboxylic acids is 1. The van der Waals surface area contributed by atoms with Crippen LogP contribution in [0.1, 0.15) is 25.7 Å². The Morgan fingerprint density at radius 2 is 2.22 bits per heavy atom. The van der Waals surface area contributed by atoms with Crippen LogP contribution in [-0.4, -0.2) is 54.9 Å². The van der Waals surface area contributed by atoms with Crippen molar-refractivity contribution in [1.82, 2.24) is 10.2 Å². The number of hydrogen-bond acceptors (Lipinski definition) is 3. The van der Waals surface area contributed by atoms with Crippen molar-refractivity contribution in [3.05, 3.63) is 0 Å². The van der Waals surface area contributed by atoms with Gasteiger partial charge in [-0.1, -0.05) is 0 Å². The van der Waals surface area contributed by atoms with Gasteiger partial charge in [0.25, 0.3) is 0 Å². The summed E-state index contributed by atoms with van der Waals surface area (Å²) in [5.74, 6) is -0.809. The number of rotatable bonds is 4. The SMILES string of the molecule is COC1CCCN(C(=O)NCC2(C(=O)O)CC2)C1. The molecule has 1 saturated carbocycles. The number of likely N-dealkylation sites (tertiary alicyclic amines) is 1. The van der Waals surface area contributed by atoms with Crippen molar-refractivity contribution >= 4 is 12.0 Å². The third kappa shape index (κ3) is 2.75. The zero-order chi connectivity index (χ0) is 13.2. The molecule has 102 valence electrons. The van der Waals surface area contributed by atoms with Crippen molar-refractivity contribution in [2.24, 2.45) is 5.41 Å². The smallest absolute Gasteiger partial charge is 0.317 e. The first-order valence-electron chi connectivity index (χ1n) is 6.36. The first-order chi connectivity index (χ1) is 8.57. The third-order valence-corrected chi connectivity index (χ3v) is 3.88. The van der Waals surface area contributed by atoms with Crippen LogP contribution >= 0.6 is 0 Å². The predicted molar refractivity (Wildman–Crippen MR) is 64.3 cm³/mol. The molecule has 1 aliphatic heterocycles. The number of nitrogens with one attached hydrogen (secondary N) is 1. The highest BCUT2D eigenvalue weighted by atomic mass is 16.5. The highest BCUT2D eigenvalue weighted by Crippen LogP contribution is 2.45. The van der Waals surface area contributed by atoms with Crippen LogP contribution in [0.2, 0.25) is 0 Å². The first kappa shape index (κ1) is 13.1. The lowest BCUT2D eigenvalue weighted by Crippen LogP contribution is -2.49. The molecule has 2 fully saturated rings. The van der Waals surface area contributed by atoms with Crippen molar-refractivity contribution in [2.75, 3.05) is 26.7 Å². The molecule has 2 amide bonds. The van der Waals surface area contributed by atoms with Gasteiger partial charge in [0.15, 0.2) is 0 Å². The van der Waals surface area contributed by atoms with E-state index in [9.17, 15) is 9.59 Å². The highest BCUT2D eigenvalue weighted by molar-refractivity contribution is 5.80. The number of nitrogens with zero attached hydrogens (tertiary/aromatic N) is 1. The first-order valence-corrected chi connectivity index (χ1v) is 6.36. The number of ether oxygens (including phenoxy) is 1. The summed E-state index contributed by atoms with van der Waals surface area (Å²) in [6, 6.07) is -0.177. The molecule has 0 bridgehead atoms. The normalized spacial score (nSPS) is 25.6. The molecule has 1 atom stereocenters. The Kier molecular flexibility index (Phi) is 3.75. The maximum absolute atomic E-state index is 11.9. The number of hydrogen-bond donors (Lipinski definition) is 2. The van der Waals surface area contributed by atoms with E-state index in [1.807, 2.05) is 0 Å². The van der Waals surface area contributed by atoms with Gasteiger partial charge in [0, 0.05) is 26.7 Å². The molecule has 0 radical (unpaired) electrons. The van der Waals surface area contributed by atoms with Crippen molar-refractivity contribution in [3.63, 3.8) is 0 Å². The second-order valence-corrected chi connectivity index (χ2v) is 5.19. The molecule has 1 unspecified atom stereocenters. The summed E-state index contributed by atoms with van der Waals surface area (Å²) in [6.07, 6.45) is 3.31. The molecular formula is C12H20N2O4. The molecule has 0 aromatic heterocycles.